The molecular formula is C8H9Cl2NO. The maximum Gasteiger partial charge on any atom is 0.0720 e. The summed E-state index contributed by atoms with van der Waals surface area (Å²) < 4.78 is 0. The average Bonchev–Trinajstić information content (AvgIpc) is 2.08. The zero-order valence-corrected chi connectivity index (χ0v) is 7.90. The van der Waals surface area contributed by atoms with Gasteiger partial charge in [0.05, 0.1) is 16.7 Å². The Bertz CT molecular complexity index is 265. The van der Waals surface area contributed by atoms with E-state index in [9.17, 15) is 0 Å². The van der Waals surface area contributed by atoms with Crippen molar-refractivity contribution in [3.05, 3.63) is 33.8 Å². The molecule has 0 spiro atoms. The molecule has 0 unspecified atom stereocenters. The average molecular weight is 206 g/mol. The van der Waals surface area contributed by atoms with Gasteiger partial charge in [0.2, 0.25) is 0 Å². The summed E-state index contributed by atoms with van der Waals surface area (Å²) >= 11 is 11.7. The number of benzene rings is 1. The molecule has 2 N–H and O–H groups in total. The third-order valence-electron chi connectivity index (χ3n) is 1.52. The number of hydrogen-bond acceptors (Lipinski definition) is 2. The molecule has 0 atom stereocenters. The zero-order chi connectivity index (χ0) is 8.97. The second kappa shape index (κ2) is 4.67. The van der Waals surface area contributed by atoms with Crippen molar-refractivity contribution >= 4 is 23.2 Å². The van der Waals surface area contributed by atoms with Gasteiger partial charge in [-0.05, 0) is 18.1 Å². The summed E-state index contributed by atoms with van der Waals surface area (Å²) in [6.45, 7) is 0.445. The lowest BCUT2D eigenvalue weighted by molar-refractivity contribution is 0.141. The molecule has 0 aliphatic carbocycles. The van der Waals surface area contributed by atoms with E-state index in [1.165, 1.54) is 0 Å². The van der Waals surface area contributed by atoms with Crippen LogP contribution in [0.15, 0.2) is 18.2 Å². The monoisotopic (exact) mass is 205 g/mol. The minimum atomic E-state index is 0.445. The molecule has 0 radical (unpaired) electrons. The van der Waals surface area contributed by atoms with E-state index in [0.717, 1.165) is 5.56 Å². The summed E-state index contributed by atoms with van der Waals surface area (Å²) in [5.41, 5.74) is 0.953. The maximum absolute atomic E-state index is 5.90. The van der Waals surface area contributed by atoms with Gasteiger partial charge in [0.15, 0.2) is 0 Å². The molecule has 0 saturated carbocycles. The second-order valence-electron chi connectivity index (χ2n) is 2.33. The third kappa shape index (κ3) is 2.35. The molecule has 1 aromatic carbocycles. The normalized spacial score (nSPS) is 10.2. The van der Waals surface area contributed by atoms with E-state index in [4.69, 9.17) is 29.1 Å². The highest BCUT2D eigenvalue weighted by Gasteiger charge is 2.02. The van der Waals surface area contributed by atoms with Crippen LogP contribution < -0.4 is 5.90 Å². The van der Waals surface area contributed by atoms with E-state index >= 15 is 0 Å². The van der Waals surface area contributed by atoms with Crippen LogP contribution in [0.2, 0.25) is 10.0 Å². The predicted octanol–water partition coefficient (Wildman–Crippen LogP) is 2.43. The van der Waals surface area contributed by atoms with Crippen LogP contribution in [0.1, 0.15) is 5.56 Å². The minimum Gasteiger partial charge on any atom is -0.304 e. The Kier molecular flexibility index (Phi) is 3.82. The fraction of sp³-hybridized carbons (Fsp3) is 0.250. The summed E-state index contributed by atoms with van der Waals surface area (Å²) in [7, 11) is 0. The Morgan fingerprint density at radius 1 is 1.33 bits per heavy atom. The first-order valence-electron chi connectivity index (χ1n) is 3.50. The van der Waals surface area contributed by atoms with Crippen molar-refractivity contribution in [2.45, 2.75) is 6.42 Å². The summed E-state index contributed by atoms with van der Waals surface area (Å²) in [5.74, 6) is 4.89. The van der Waals surface area contributed by atoms with Crippen LogP contribution >= 0.6 is 23.2 Å². The standard InChI is InChI=1S/C8H9Cl2NO/c9-7-3-1-2-6(8(7)10)4-5-12-11/h1-3H,4-5,11H2. The van der Waals surface area contributed by atoms with E-state index in [0.29, 0.717) is 23.1 Å². The fourth-order valence-corrected chi connectivity index (χ4v) is 1.33. The molecule has 66 valence electrons. The Morgan fingerprint density at radius 3 is 2.75 bits per heavy atom. The van der Waals surface area contributed by atoms with Crippen molar-refractivity contribution in [2.24, 2.45) is 5.90 Å². The maximum atomic E-state index is 5.90. The molecule has 0 heterocycles. The van der Waals surface area contributed by atoms with Gasteiger partial charge >= 0.3 is 0 Å². The second-order valence-corrected chi connectivity index (χ2v) is 3.12. The third-order valence-corrected chi connectivity index (χ3v) is 2.38. The fourth-order valence-electron chi connectivity index (χ4n) is 0.910. The van der Waals surface area contributed by atoms with E-state index in [2.05, 4.69) is 4.84 Å². The Labute approximate surface area is 81.2 Å². The predicted molar refractivity (Wildman–Crippen MR) is 50.3 cm³/mol. The lowest BCUT2D eigenvalue weighted by Crippen LogP contribution is -2.03. The van der Waals surface area contributed by atoms with Gasteiger partial charge in [-0.3, -0.25) is 0 Å². The molecular weight excluding hydrogens is 197 g/mol. The van der Waals surface area contributed by atoms with Crippen LogP contribution in [0.5, 0.6) is 0 Å². The van der Waals surface area contributed by atoms with Crippen molar-refractivity contribution < 1.29 is 4.84 Å². The molecule has 0 fully saturated rings. The van der Waals surface area contributed by atoms with E-state index < -0.39 is 0 Å². The molecule has 0 aromatic heterocycles. The van der Waals surface area contributed by atoms with E-state index in [-0.39, 0.29) is 0 Å². The van der Waals surface area contributed by atoms with Crippen molar-refractivity contribution in [2.75, 3.05) is 6.61 Å². The lowest BCUT2D eigenvalue weighted by atomic mass is 10.2. The Morgan fingerprint density at radius 2 is 2.08 bits per heavy atom. The van der Waals surface area contributed by atoms with Gasteiger partial charge in [-0.25, -0.2) is 5.90 Å². The smallest absolute Gasteiger partial charge is 0.0720 e. The van der Waals surface area contributed by atoms with Crippen LogP contribution in [0.25, 0.3) is 0 Å². The van der Waals surface area contributed by atoms with Crippen LogP contribution in [-0.4, -0.2) is 6.61 Å². The van der Waals surface area contributed by atoms with Gasteiger partial charge in [0.1, 0.15) is 0 Å². The topological polar surface area (TPSA) is 35.2 Å². The molecule has 4 heteroatoms. The molecule has 0 aliphatic rings. The first-order valence-corrected chi connectivity index (χ1v) is 4.26. The van der Waals surface area contributed by atoms with Gasteiger partial charge in [-0.1, -0.05) is 35.3 Å². The quantitative estimate of drug-likeness (QED) is 0.770. The number of halogens is 2. The Balaban J connectivity index is 2.78. The summed E-state index contributed by atoms with van der Waals surface area (Å²) in [5, 5.41) is 1.14. The molecule has 2 nitrogen and oxygen atoms in total. The largest absolute Gasteiger partial charge is 0.304 e. The zero-order valence-electron chi connectivity index (χ0n) is 6.39. The van der Waals surface area contributed by atoms with E-state index in [1.807, 2.05) is 12.1 Å². The first-order chi connectivity index (χ1) is 5.75. The van der Waals surface area contributed by atoms with Crippen LogP contribution in [0.4, 0.5) is 0 Å². The summed E-state index contributed by atoms with van der Waals surface area (Å²) in [6, 6.07) is 5.49. The highest BCUT2D eigenvalue weighted by atomic mass is 35.5. The highest BCUT2D eigenvalue weighted by molar-refractivity contribution is 6.42. The number of rotatable bonds is 3. The van der Waals surface area contributed by atoms with Gasteiger partial charge < -0.3 is 4.84 Å². The van der Waals surface area contributed by atoms with Gasteiger partial charge in [-0.2, -0.15) is 0 Å². The molecule has 0 amide bonds. The Hall–Kier alpha value is -0.280. The molecule has 0 aliphatic heterocycles. The van der Waals surface area contributed by atoms with E-state index in [1.54, 1.807) is 6.07 Å². The molecule has 1 rings (SSSR count). The summed E-state index contributed by atoms with van der Waals surface area (Å²) in [4.78, 5) is 4.44. The number of hydrogen-bond donors (Lipinski definition) is 1. The van der Waals surface area contributed by atoms with Crippen molar-refractivity contribution in [3.8, 4) is 0 Å². The van der Waals surface area contributed by atoms with Crippen LogP contribution in [0, 0.1) is 0 Å². The van der Waals surface area contributed by atoms with Gasteiger partial charge in [0.25, 0.3) is 0 Å². The first kappa shape index (κ1) is 9.81. The lowest BCUT2D eigenvalue weighted by Gasteiger charge is -2.03. The highest BCUT2D eigenvalue weighted by Crippen LogP contribution is 2.25. The minimum absolute atomic E-state index is 0.445. The number of nitrogens with two attached hydrogens (primary N) is 1. The summed E-state index contributed by atoms with van der Waals surface area (Å²) in [6.07, 6.45) is 0.676. The van der Waals surface area contributed by atoms with Crippen molar-refractivity contribution in [1.29, 1.82) is 0 Å². The van der Waals surface area contributed by atoms with Crippen LogP contribution in [-0.2, 0) is 11.3 Å². The van der Waals surface area contributed by atoms with Crippen LogP contribution in [0.3, 0.4) is 0 Å². The molecule has 1 aromatic rings. The van der Waals surface area contributed by atoms with Crippen molar-refractivity contribution in [3.63, 3.8) is 0 Å². The molecule has 0 bridgehead atoms. The molecule has 12 heavy (non-hydrogen) atoms. The molecule has 0 saturated heterocycles. The van der Waals surface area contributed by atoms with Gasteiger partial charge in [0, 0.05) is 0 Å². The van der Waals surface area contributed by atoms with Gasteiger partial charge in [-0.15, -0.1) is 0 Å². The SMILES string of the molecule is NOCCc1cccc(Cl)c1Cl. The van der Waals surface area contributed by atoms with Crippen molar-refractivity contribution in [1.82, 2.24) is 0 Å².